The maximum Gasteiger partial charge on any atom is 0.257 e. The average molecular weight is 486 g/mol. The molecule has 0 radical (unpaired) electrons. The van der Waals surface area contributed by atoms with E-state index >= 15 is 0 Å². The topological polar surface area (TPSA) is 127 Å². The number of nitrogens with zero attached hydrogens (tertiary/aromatic N) is 2. The van der Waals surface area contributed by atoms with Crippen LogP contribution in [0.4, 0.5) is 5.69 Å². The number of ether oxygens (including phenoxy) is 1. The summed E-state index contributed by atoms with van der Waals surface area (Å²) in [6.45, 7) is 2.61. The highest BCUT2D eigenvalue weighted by Gasteiger charge is 2.46. The van der Waals surface area contributed by atoms with Crippen molar-refractivity contribution >= 4 is 33.4 Å². The molecule has 3 amide bonds. The molecule has 2 aliphatic rings. The van der Waals surface area contributed by atoms with Crippen LogP contribution in [0.25, 0.3) is 0 Å². The number of primary sulfonamides is 1. The zero-order valence-electron chi connectivity index (χ0n) is 18.8. The van der Waals surface area contributed by atoms with Crippen LogP contribution in [0, 0.1) is 5.92 Å². The molecule has 1 heterocycles. The van der Waals surface area contributed by atoms with Gasteiger partial charge in [0.05, 0.1) is 23.6 Å². The van der Waals surface area contributed by atoms with Crippen molar-refractivity contribution in [1.82, 2.24) is 4.90 Å². The third-order valence-corrected chi connectivity index (χ3v) is 6.94. The van der Waals surface area contributed by atoms with Crippen LogP contribution in [0.2, 0.25) is 0 Å². The quantitative estimate of drug-likeness (QED) is 0.540. The van der Waals surface area contributed by atoms with Crippen LogP contribution in [0.5, 0.6) is 5.75 Å². The van der Waals surface area contributed by atoms with E-state index in [4.69, 9.17) is 9.88 Å². The van der Waals surface area contributed by atoms with Crippen LogP contribution >= 0.6 is 0 Å². The lowest BCUT2D eigenvalue weighted by atomic mass is 10.1. The molecule has 1 unspecified atom stereocenters. The van der Waals surface area contributed by atoms with E-state index in [1.54, 1.807) is 36.4 Å². The van der Waals surface area contributed by atoms with Gasteiger partial charge in [-0.15, -0.1) is 0 Å². The number of carbonyl (C=O) groups excluding carboxylic acids is 3. The van der Waals surface area contributed by atoms with Gasteiger partial charge in [-0.05, 0) is 68.1 Å². The molecule has 4 rings (SSSR count). The Hall–Kier alpha value is -3.24. The molecular formula is C24H27N3O6S. The zero-order valence-corrected chi connectivity index (χ0v) is 19.7. The predicted molar refractivity (Wildman–Crippen MR) is 124 cm³/mol. The molecule has 180 valence electrons. The number of sulfonamides is 1. The summed E-state index contributed by atoms with van der Waals surface area (Å²) in [5.74, 6) is -0.382. The van der Waals surface area contributed by atoms with Gasteiger partial charge in [0.2, 0.25) is 21.8 Å². The fourth-order valence-electron chi connectivity index (χ4n) is 4.07. The molecule has 2 N–H and O–H groups in total. The Morgan fingerprint density at radius 2 is 1.74 bits per heavy atom. The second kappa shape index (κ2) is 9.55. The number of rotatable bonds is 9. The van der Waals surface area contributed by atoms with Gasteiger partial charge < -0.3 is 9.64 Å². The molecule has 0 bridgehead atoms. The Balaban J connectivity index is 1.51. The number of imide groups is 1. The van der Waals surface area contributed by atoms with E-state index in [1.807, 2.05) is 6.92 Å². The summed E-state index contributed by atoms with van der Waals surface area (Å²) in [7, 11) is -3.79. The van der Waals surface area contributed by atoms with Gasteiger partial charge >= 0.3 is 0 Å². The van der Waals surface area contributed by atoms with Crippen molar-refractivity contribution in [2.24, 2.45) is 11.1 Å². The third kappa shape index (κ3) is 5.13. The molecular weight excluding hydrogens is 458 g/mol. The molecule has 9 nitrogen and oxygen atoms in total. The fraction of sp³-hybridized carbons (Fsp3) is 0.375. The molecule has 1 atom stereocenters. The average Bonchev–Trinajstić information content (AvgIpc) is 3.61. The Morgan fingerprint density at radius 1 is 1.09 bits per heavy atom. The van der Waals surface area contributed by atoms with Crippen molar-refractivity contribution in [3.8, 4) is 5.75 Å². The first-order chi connectivity index (χ1) is 16.2. The Bertz CT molecular complexity index is 1190. The highest BCUT2D eigenvalue weighted by Crippen LogP contribution is 2.34. The Labute approximate surface area is 198 Å². The van der Waals surface area contributed by atoms with Gasteiger partial charge in [-0.25, -0.2) is 18.5 Å². The summed E-state index contributed by atoms with van der Waals surface area (Å²) in [5, 5.41) is 5.14. The molecule has 0 aromatic heterocycles. The van der Waals surface area contributed by atoms with Crippen molar-refractivity contribution < 1.29 is 27.5 Å². The summed E-state index contributed by atoms with van der Waals surface area (Å²) >= 11 is 0. The molecule has 1 saturated carbocycles. The van der Waals surface area contributed by atoms with Gasteiger partial charge in [-0.2, -0.15) is 0 Å². The van der Waals surface area contributed by atoms with E-state index in [2.05, 4.69) is 0 Å². The lowest BCUT2D eigenvalue weighted by molar-refractivity contribution is -0.139. The van der Waals surface area contributed by atoms with Crippen molar-refractivity contribution in [3.05, 3.63) is 54.1 Å². The fourth-order valence-corrected chi connectivity index (χ4v) is 4.58. The maximum atomic E-state index is 13.3. The molecule has 2 aromatic carbocycles. The number of hydrogen-bond donors (Lipinski definition) is 1. The van der Waals surface area contributed by atoms with Crippen LogP contribution in [-0.2, 0) is 30.8 Å². The Morgan fingerprint density at radius 3 is 2.29 bits per heavy atom. The lowest BCUT2D eigenvalue weighted by Crippen LogP contribution is -2.47. The van der Waals surface area contributed by atoms with E-state index in [0.717, 1.165) is 23.3 Å². The van der Waals surface area contributed by atoms with Crippen LogP contribution < -0.4 is 14.8 Å². The van der Waals surface area contributed by atoms with Crippen molar-refractivity contribution in [2.75, 3.05) is 18.1 Å². The highest BCUT2D eigenvalue weighted by atomic mass is 32.2. The van der Waals surface area contributed by atoms with Gasteiger partial charge in [0, 0.05) is 12.5 Å². The molecule has 1 saturated heterocycles. The predicted octanol–water partition coefficient (Wildman–Crippen LogP) is 1.85. The smallest absolute Gasteiger partial charge is 0.257 e. The summed E-state index contributed by atoms with van der Waals surface area (Å²) in [5.41, 5.74) is 1.24. The monoisotopic (exact) mass is 485 g/mol. The Kier molecular flexibility index (Phi) is 6.72. The molecule has 2 fully saturated rings. The SMILES string of the molecule is CCOc1ccc(N2C(=O)CC(N(CCc3ccc(S(N)(=O)=O)cc3)C(=O)C3CC3)C2=O)cc1. The number of anilines is 1. The molecule has 34 heavy (non-hydrogen) atoms. The lowest BCUT2D eigenvalue weighted by Gasteiger charge is -2.28. The number of hydrogen-bond acceptors (Lipinski definition) is 6. The minimum absolute atomic E-state index is 0.00438. The van der Waals surface area contributed by atoms with Crippen molar-refractivity contribution in [2.45, 2.75) is 43.5 Å². The molecule has 1 aliphatic carbocycles. The summed E-state index contributed by atoms with van der Waals surface area (Å²) in [4.78, 5) is 41.8. The number of carbonyl (C=O) groups is 3. The minimum Gasteiger partial charge on any atom is -0.494 e. The van der Waals surface area contributed by atoms with Crippen LogP contribution in [0.3, 0.4) is 0 Å². The second-order valence-electron chi connectivity index (χ2n) is 8.46. The molecule has 10 heteroatoms. The minimum atomic E-state index is -3.79. The third-order valence-electron chi connectivity index (χ3n) is 6.01. The van der Waals surface area contributed by atoms with E-state index in [1.165, 1.54) is 17.0 Å². The summed E-state index contributed by atoms with van der Waals surface area (Å²) in [6, 6.07) is 11.9. The second-order valence-corrected chi connectivity index (χ2v) is 10.0. The van der Waals surface area contributed by atoms with Crippen molar-refractivity contribution in [3.63, 3.8) is 0 Å². The van der Waals surface area contributed by atoms with Gasteiger partial charge in [0.15, 0.2) is 0 Å². The van der Waals surface area contributed by atoms with Crippen molar-refractivity contribution in [1.29, 1.82) is 0 Å². The number of nitrogens with two attached hydrogens (primary N) is 1. The standard InChI is InChI=1S/C24H27N3O6S/c1-2-33-19-9-7-18(8-10-19)27-22(28)15-21(24(27)30)26(23(29)17-5-6-17)14-13-16-3-11-20(12-4-16)34(25,31)32/h3-4,7-12,17,21H,2,5-6,13-15H2,1H3,(H2,25,31,32). The largest absolute Gasteiger partial charge is 0.494 e. The van der Waals surface area contributed by atoms with Gasteiger partial charge in [0.25, 0.3) is 5.91 Å². The van der Waals surface area contributed by atoms with E-state index < -0.39 is 22.0 Å². The van der Waals surface area contributed by atoms with E-state index in [9.17, 15) is 22.8 Å². The molecule has 2 aromatic rings. The molecule has 1 aliphatic heterocycles. The van der Waals surface area contributed by atoms with E-state index in [-0.39, 0.29) is 35.6 Å². The summed E-state index contributed by atoms with van der Waals surface area (Å²) < 4.78 is 28.3. The van der Waals surface area contributed by atoms with Gasteiger partial charge in [-0.1, -0.05) is 12.1 Å². The highest BCUT2D eigenvalue weighted by molar-refractivity contribution is 7.89. The normalized spacial score (nSPS) is 18.3. The van der Waals surface area contributed by atoms with Crippen LogP contribution in [-0.4, -0.2) is 50.2 Å². The maximum absolute atomic E-state index is 13.3. The van der Waals surface area contributed by atoms with Gasteiger partial charge in [0.1, 0.15) is 11.8 Å². The van der Waals surface area contributed by atoms with E-state index in [0.29, 0.717) is 24.5 Å². The number of amides is 3. The first kappa shape index (κ1) is 23.9. The zero-order chi connectivity index (χ0) is 24.5. The van der Waals surface area contributed by atoms with Crippen LogP contribution in [0.15, 0.2) is 53.4 Å². The first-order valence-corrected chi connectivity index (χ1v) is 12.8. The first-order valence-electron chi connectivity index (χ1n) is 11.2. The number of benzene rings is 2. The molecule has 0 spiro atoms. The summed E-state index contributed by atoms with van der Waals surface area (Å²) in [6.07, 6.45) is 1.88. The van der Waals surface area contributed by atoms with Crippen LogP contribution in [0.1, 0.15) is 31.7 Å². The van der Waals surface area contributed by atoms with Gasteiger partial charge in [-0.3, -0.25) is 14.4 Å².